The van der Waals surface area contributed by atoms with Crippen LogP contribution in [-0.4, -0.2) is 26.3 Å². The molecule has 3 nitrogen and oxygen atoms in total. The number of nitrogen functional groups attached to an aromatic ring is 1. The SMILES string of the molecule is CCOCCN(CC)c1ccc(F)cc1N. The zero-order valence-electron chi connectivity index (χ0n) is 9.87. The number of anilines is 2. The fraction of sp³-hybridized carbons (Fsp3) is 0.500. The summed E-state index contributed by atoms with van der Waals surface area (Å²) in [4.78, 5) is 2.07. The molecule has 0 aliphatic heterocycles. The van der Waals surface area contributed by atoms with Crippen LogP contribution in [0.25, 0.3) is 0 Å². The third-order valence-electron chi connectivity index (χ3n) is 2.42. The lowest BCUT2D eigenvalue weighted by molar-refractivity contribution is 0.154. The standard InChI is InChI=1S/C12H19FN2O/c1-3-15(7-8-16-4-2)12-6-5-10(13)9-11(12)14/h5-6,9H,3-4,7-8,14H2,1-2H3. The molecule has 0 aliphatic carbocycles. The van der Waals surface area contributed by atoms with Crippen LogP contribution < -0.4 is 10.6 Å². The molecule has 0 aliphatic rings. The third-order valence-corrected chi connectivity index (χ3v) is 2.42. The maximum atomic E-state index is 12.9. The molecule has 1 aromatic rings. The first-order chi connectivity index (χ1) is 7.69. The van der Waals surface area contributed by atoms with E-state index >= 15 is 0 Å². The summed E-state index contributed by atoms with van der Waals surface area (Å²) in [6.45, 7) is 6.94. The van der Waals surface area contributed by atoms with Crippen molar-refractivity contribution in [2.45, 2.75) is 13.8 Å². The van der Waals surface area contributed by atoms with Crippen molar-refractivity contribution in [3.63, 3.8) is 0 Å². The highest BCUT2D eigenvalue weighted by Gasteiger charge is 2.08. The molecule has 0 aromatic heterocycles. The molecular weight excluding hydrogens is 207 g/mol. The second kappa shape index (κ2) is 6.33. The Kier molecular flexibility index (Phi) is 5.05. The molecule has 0 radical (unpaired) electrons. The summed E-state index contributed by atoms with van der Waals surface area (Å²) in [7, 11) is 0. The van der Waals surface area contributed by atoms with Gasteiger partial charge in [0.1, 0.15) is 5.82 Å². The largest absolute Gasteiger partial charge is 0.397 e. The summed E-state index contributed by atoms with van der Waals surface area (Å²) in [6.07, 6.45) is 0. The Morgan fingerprint density at radius 1 is 1.38 bits per heavy atom. The Morgan fingerprint density at radius 2 is 2.12 bits per heavy atom. The Labute approximate surface area is 96.0 Å². The highest BCUT2D eigenvalue weighted by Crippen LogP contribution is 2.23. The average molecular weight is 226 g/mol. The number of nitrogens with two attached hydrogens (primary N) is 1. The van der Waals surface area contributed by atoms with E-state index in [1.54, 1.807) is 6.07 Å². The molecule has 2 N–H and O–H groups in total. The first-order valence-corrected chi connectivity index (χ1v) is 5.56. The number of ether oxygens (including phenoxy) is 1. The van der Waals surface area contributed by atoms with Gasteiger partial charge < -0.3 is 15.4 Å². The van der Waals surface area contributed by atoms with Gasteiger partial charge in [0.2, 0.25) is 0 Å². The second-order valence-electron chi connectivity index (χ2n) is 3.48. The van der Waals surface area contributed by atoms with Gasteiger partial charge in [-0.15, -0.1) is 0 Å². The van der Waals surface area contributed by atoms with E-state index in [1.165, 1.54) is 12.1 Å². The Morgan fingerprint density at radius 3 is 2.69 bits per heavy atom. The van der Waals surface area contributed by atoms with E-state index < -0.39 is 0 Å². The lowest BCUT2D eigenvalue weighted by Gasteiger charge is -2.24. The number of hydrogen-bond acceptors (Lipinski definition) is 3. The molecule has 0 amide bonds. The van der Waals surface area contributed by atoms with Crippen molar-refractivity contribution in [2.24, 2.45) is 0 Å². The topological polar surface area (TPSA) is 38.5 Å². The van der Waals surface area contributed by atoms with Gasteiger partial charge in [-0.1, -0.05) is 0 Å². The van der Waals surface area contributed by atoms with Gasteiger partial charge in [-0.05, 0) is 32.0 Å². The molecule has 0 spiro atoms. The average Bonchev–Trinajstić information content (AvgIpc) is 2.26. The monoisotopic (exact) mass is 226 g/mol. The van der Waals surface area contributed by atoms with Crippen LogP contribution in [0.3, 0.4) is 0 Å². The number of rotatable bonds is 6. The molecule has 0 heterocycles. The van der Waals surface area contributed by atoms with Gasteiger partial charge in [0, 0.05) is 19.7 Å². The Hall–Kier alpha value is -1.29. The smallest absolute Gasteiger partial charge is 0.125 e. The predicted molar refractivity (Wildman–Crippen MR) is 65.2 cm³/mol. The van der Waals surface area contributed by atoms with Crippen LogP contribution in [0.4, 0.5) is 15.8 Å². The molecule has 0 saturated heterocycles. The van der Waals surface area contributed by atoms with Gasteiger partial charge in [0.15, 0.2) is 0 Å². The first kappa shape index (κ1) is 12.8. The molecule has 0 unspecified atom stereocenters. The molecule has 0 saturated carbocycles. The minimum absolute atomic E-state index is 0.304. The van der Waals surface area contributed by atoms with Crippen molar-refractivity contribution in [3.05, 3.63) is 24.0 Å². The molecular formula is C12H19FN2O. The van der Waals surface area contributed by atoms with Crippen molar-refractivity contribution >= 4 is 11.4 Å². The minimum Gasteiger partial charge on any atom is -0.397 e. The molecule has 4 heteroatoms. The van der Waals surface area contributed by atoms with Crippen molar-refractivity contribution in [1.29, 1.82) is 0 Å². The predicted octanol–water partition coefficient (Wildman–Crippen LogP) is 2.27. The van der Waals surface area contributed by atoms with Crippen LogP contribution in [0.1, 0.15) is 13.8 Å². The van der Waals surface area contributed by atoms with Crippen molar-refractivity contribution < 1.29 is 9.13 Å². The number of nitrogens with zero attached hydrogens (tertiary/aromatic N) is 1. The molecule has 90 valence electrons. The number of halogens is 1. The molecule has 0 fully saturated rings. The number of benzene rings is 1. The van der Waals surface area contributed by atoms with Crippen LogP contribution in [0.5, 0.6) is 0 Å². The lowest BCUT2D eigenvalue weighted by Crippen LogP contribution is -2.27. The first-order valence-electron chi connectivity index (χ1n) is 5.56. The highest BCUT2D eigenvalue weighted by molar-refractivity contribution is 5.67. The fourth-order valence-electron chi connectivity index (χ4n) is 1.58. The van der Waals surface area contributed by atoms with Gasteiger partial charge in [0.05, 0.1) is 18.0 Å². The molecule has 16 heavy (non-hydrogen) atoms. The zero-order valence-corrected chi connectivity index (χ0v) is 9.87. The Balaban J connectivity index is 2.70. The second-order valence-corrected chi connectivity index (χ2v) is 3.48. The zero-order chi connectivity index (χ0) is 12.0. The third kappa shape index (κ3) is 3.38. The summed E-state index contributed by atoms with van der Waals surface area (Å²) in [5.41, 5.74) is 7.11. The van der Waals surface area contributed by atoms with Crippen LogP contribution in [-0.2, 0) is 4.74 Å². The van der Waals surface area contributed by atoms with Crippen molar-refractivity contribution in [2.75, 3.05) is 36.9 Å². The van der Waals surface area contributed by atoms with Gasteiger partial charge in [0.25, 0.3) is 0 Å². The number of hydrogen-bond donors (Lipinski definition) is 1. The van der Waals surface area contributed by atoms with Crippen LogP contribution in [0, 0.1) is 5.82 Å². The van der Waals surface area contributed by atoms with Gasteiger partial charge >= 0.3 is 0 Å². The fourth-order valence-corrected chi connectivity index (χ4v) is 1.58. The summed E-state index contributed by atoms with van der Waals surface area (Å²) < 4.78 is 18.2. The normalized spacial score (nSPS) is 10.4. The van der Waals surface area contributed by atoms with Crippen LogP contribution >= 0.6 is 0 Å². The van der Waals surface area contributed by atoms with Crippen molar-refractivity contribution in [3.8, 4) is 0 Å². The van der Waals surface area contributed by atoms with Crippen molar-refractivity contribution in [1.82, 2.24) is 0 Å². The minimum atomic E-state index is -0.304. The highest BCUT2D eigenvalue weighted by atomic mass is 19.1. The quantitative estimate of drug-likeness (QED) is 0.597. The summed E-state index contributed by atoms with van der Waals surface area (Å²) in [5.74, 6) is -0.304. The maximum absolute atomic E-state index is 12.9. The number of likely N-dealkylation sites (N-methyl/N-ethyl adjacent to an activating group) is 1. The summed E-state index contributed by atoms with van der Waals surface area (Å²) in [5, 5.41) is 0. The van der Waals surface area contributed by atoms with E-state index in [-0.39, 0.29) is 5.82 Å². The molecule has 0 bridgehead atoms. The Bertz CT molecular complexity index is 331. The van der Waals surface area contributed by atoms with Gasteiger partial charge in [-0.2, -0.15) is 0 Å². The van der Waals surface area contributed by atoms with E-state index in [2.05, 4.69) is 4.90 Å². The van der Waals surface area contributed by atoms with E-state index in [0.29, 0.717) is 18.9 Å². The summed E-state index contributed by atoms with van der Waals surface area (Å²) in [6, 6.07) is 4.48. The molecule has 1 rings (SSSR count). The lowest BCUT2D eigenvalue weighted by atomic mass is 10.2. The van der Waals surface area contributed by atoms with E-state index in [0.717, 1.165) is 18.8 Å². The summed E-state index contributed by atoms with van der Waals surface area (Å²) >= 11 is 0. The maximum Gasteiger partial charge on any atom is 0.125 e. The van der Waals surface area contributed by atoms with Gasteiger partial charge in [-0.25, -0.2) is 4.39 Å². The van der Waals surface area contributed by atoms with E-state index in [9.17, 15) is 4.39 Å². The van der Waals surface area contributed by atoms with E-state index in [1.807, 2.05) is 13.8 Å². The molecule has 0 atom stereocenters. The van der Waals surface area contributed by atoms with E-state index in [4.69, 9.17) is 10.5 Å². The van der Waals surface area contributed by atoms with Gasteiger partial charge in [-0.3, -0.25) is 0 Å². The van der Waals surface area contributed by atoms with Crippen LogP contribution in [0.2, 0.25) is 0 Å². The molecule has 1 aromatic carbocycles. The van der Waals surface area contributed by atoms with Crippen LogP contribution in [0.15, 0.2) is 18.2 Å².